The summed E-state index contributed by atoms with van der Waals surface area (Å²) in [5.74, 6) is 2.36. The van der Waals surface area contributed by atoms with Crippen molar-refractivity contribution in [1.82, 2.24) is 0 Å². The molecule has 2 aliphatic heterocycles. The van der Waals surface area contributed by atoms with Gasteiger partial charge in [-0.1, -0.05) is 97.9 Å². The minimum absolute atomic E-state index is 0.0203. The van der Waals surface area contributed by atoms with E-state index in [-0.39, 0.29) is 35.6 Å². The Morgan fingerprint density at radius 2 is 1.41 bits per heavy atom. The van der Waals surface area contributed by atoms with E-state index in [1.807, 2.05) is 78.9 Å². The average Bonchev–Trinajstić information content (AvgIpc) is 2.97. The molecule has 0 radical (unpaired) electrons. The summed E-state index contributed by atoms with van der Waals surface area (Å²) in [5.41, 5.74) is 3.04. The standard InChI is InChI=1S/C31H36O8S2/c1-23-20-40(21-28-27(39-41(32,33)34)19-37-31(38-28)26-15-9-4-10-16-26)22-29(35-17-24-11-5-2-6-12-24)30(23)36-18-25-13-7-3-8-14-25/h2-16,23,27-31H,17-22H2,1H3/p+1/t23-,27?,28-,29+,30+,31?,40?/m1/s1. The summed E-state index contributed by atoms with van der Waals surface area (Å²) in [7, 11) is -4.88. The van der Waals surface area contributed by atoms with E-state index in [1.54, 1.807) is 0 Å². The van der Waals surface area contributed by atoms with Crippen LogP contribution in [0.5, 0.6) is 0 Å². The van der Waals surface area contributed by atoms with E-state index in [1.165, 1.54) is 0 Å². The fourth-order valence-corrected chi connectivity index (χ4v) is 8.65. The number of hydrogen-bond donors (Lipinski definition) is 1. The molecular formula is C31H37O8S2+. The fourth-order valence-electron chi connectivity index (χ4n) is 5.31. The van der Waals surface area contributed by atoms with Crippen LogP contribution in [0.4, 0.5) is 0 Å². The Labute approximate surface area is 245 Å². The van der Waals surface area contributed by atoms with Crippen molar-refractivity contribution in [3.8, 4) is 0 Å². The van der Waals surface area contributed by atoms with Gasteiger partial charge >= 0.3 is 10.4 Å². The van der Waals surface area contributed by atoms with Gasteiger partial charge in [0.1, 0.15) is 35.6 Å². The van der Waals surface area contributed by atoms with Crippen molar-refractivity contribution in [1.29, 1.82) is 0 Å². The van der Waals surface area contributed by atoms with Crippen molar-refractivity contribution in [2.24, 2.45) is 5.92 Å². The molecule has 2 fully saturated rings. The van der Waals surface area contributed by atoms with E-state index in [2.05, 4.69) is 19.1 Å². The molecule has 3 unspecified atom stereocenters. The fraction of sp³-hybridized carbons (Fsp3) is 0.419. The molecule has 41 heavy (non-hydrogen) atoms. The summed E-state index contributed by atoms with van der Waals surface area (Å²) < 4.78 is 62.8. The van der Waals surface area contributed by atoms with Gasteiger partial charge in [0.05, 0.1) is 25.9 Å². The average molecular weight is 602 g/mol. The summed E-state index contributed by atoms with van der Waals surface area (Å²) in [6, 6.07) is 29.7. The molecule has 10 heteroatoms. The first-order valence-corrected chi connectivity index (χ1v) is 16.9. The van der Waals surface area contributed by atoms with Crippen LogP contribution in [0.25, 0.3) is 0 Å². The third-order valence-corrected chi connectivity index (χ3v) is 10.3. The van der Waals surface area contributed by atoms with E-state index in [0.717, 1.165) is 28.2 Å². The topological polar surface area (TPSA) is 101 Å². The highest BCUT2D eigenvalue weighted by atomic mass is 32.3. The largest absolute Gasteiger partial charge is 0.397 e. The van der Waals surface area contributed by atoms with E-state index < -0.39 is 28.9 Å². The number of ether oxygens (including phenoxy) is 4. The Hall–Kier alpha value is -2.28. The van der Waals surface area contributed by atoms with Crippen molar-refractivity contribution in [3.63, 3.8) is 0 Å². The monoisotopic (exact) mass is 601 g/mol. The maximum absolute atomic E-state index is 11.6. The highest BCUT2D eigenvalue weighted by Crippen LogP contribution is 2.33. The van der Waals surface area contributed by atoms with Gasteiger partial charge in [-0.3, -0.25) is 4.55 Å². The van der Waals surface area contributed by atoms with Gasteiger partial charge in [-0.2, -0.15) is 8.42 Å². The lowest BCUT2D eigenvalue weighted by Gasteiger charge is -2.38. The van der Waals surface area contributed by atoms with Crippen LogP contribution in [0.2, 0.25) is 0 Å². The van der Waals surface area contributed by atoms with E-state index >= 15 is 0 Å². The number of rotatable bonds is 11. The molecule has 0 aromatic heterocycles. The van der Waals surface area contributed by atoms with Crippen molar-refractivity contribution in [2.45, 2.75) is 50.8 Å². The lowest BCUT2D eigenvalue weighted by Crippen LogP contribution is -2.53. The van der Waals surface area contributed by atoms with Crippen molar-refractivity contribution in [3.05, 3.63) is 108 Å². The van der Waals surface area contributed by atoms with Crippen molar-refractivity contribution >= 4 is 21.3 Å². The molecule has 2 saturated heterocycles. The molecule has 0 amide bonds. The second-order valence-corrected chi connectivity index (χ2v) is 13.8. The highest BCUT2D eigenvalue weighted by molar-refractivity contribution is 7.97. The first kappa shape index (κ1) is 30.2. The SMILES string of the molecule is C[C@@H]1C[S+](C[C@H]2OC(c3ccccc3)OCC2OS(=O)(=O)O)C[C@H](OCc2ccccc2)[C@H]1OCc1ccccc1. The van der Waals surface area contributed by atoms with Crippen LogP contribution in [0, 0.1) is 5.92 Å². The van der Waals surface area contributed by atoms with Crippen LogP contribution < -0.4 is 0 Å². The van der Waals surface area contributed by atoms with Gasteiger partial charge in [-0.25, -0.2) is 4.18 Å². The van der Waals surface area contributed by atoms with Gasteiger partial charge in [0, 0.05) is 11.5 Å². The second kappa shape index (κ2) is 14.3. The first-order chi connectivity index (χ1) is 19.8. The highest BCUT2D eigenvalue weighted by Gasteiger charge is 2.47. The second-order valence-electron chi connectivity index (χ2n) is 10.5. The van der Waals surface area contributed by atoms with Crippen molar-refractivity contribution < 1.29 is 36.1 Å². The predicted octanol–water partition coefficient (Wildman–Crippen LogP) is 4.73. The summed E-state index contributed by atoms with van der Waals surface area (Å²) in [4.78, 5) is 0. The Bertz CT molecular complexity index is 1310. The molecule has 3 aromatic rings. The summed E-state index contributed by atoms with van der Waals surface area (Å²) in [6.45, 7) is 3.13. The lowest BCUT2D eigenvalue weighted by atomic mass is 10.0. The third kappa shape index (κ3) is 8.86. The van der Waals surface area contributed by atoms with Gasteiger partial charge in [-0.05, 0) is 22.0 Å². The van der Waals surface area contributed by atoms with Gasteiger partial charge in [0.2, 0.25) is 0 Å². The molecule has 0 bridgehead atoms. The quantitative estimate of drug-likeness (QED) is 0.249. The van der Waals surface area contributed by atoms with Gasteiger partial charge in [0.15, 0.2) is 6.29 Å². The van der Waals surface area contributed by atoms with Gasteiger partial charge < -0.3 is 18.9 Å². The molecule has 8 nitrogen and oxygen atoms in total. The number of hydrogen-bond acceptors (Lipinski definition) is 7. The molecular weight excluding hydrogens is 564 g/mol. The molecule has 5 rings (SSSR count). The maximum Gasteiger partial charge on any atom is 0.397 e. The zero-order valence-electron chi connectivity index (χ0n) is 23.0. The summed E-state index contributed by atoms with van der Waals surface area (Å²) in [5, 5.41) is 0. The molecule has 2 aliphatic rings. The molecule has 3 aromatic carbocycles. The Kier molecular flexibility index (Phi) is 10.5. The molecule has 220 valence electrons. The maximum atomic E-state index is 11.6. The minimum Gasteiger partial charge on any atom is -0.370 e. The van der Waals surface area contributed by atoms with Crippen LogP contribution >= 0.6 is 0 Å². The summed E-state index contributed by atoms with van der Waals surface area (Å²) in [6.07, 6.45) is -2.45. The zero-order chi connectivity index (χ0) is 28.7. The molecule has 7 atom stereocenters. The number of benzene rings is 3. The molecule has 0 aliphatic carbocycles. The third-order valence-electron chi connectivity index (χ3n) is 7.26. The molecule has 2 heterocycles. The van der Waals surface area contributed by atoms with E-state index in [0.29, 0.717) is 19.0 Å². The van der Waals surface area contributed by atoms with Crippen molar-refractivity contribution in [2.75, 3.05) is 23.9 Å². The van der Waals surface area contributed by atoms with Gasteiger partial charge in [-0.15, -0.1) is 0 Å². The smallest absolute Gasteiger partial charge is 0.370 e. The van der Waals surface area contributed by atoms with Crippen LogP contribution in [0.1, 0.15) is 29.9 Å². The predicted molar refractivity (Wildman–Crippen MR) is 158 cm³/mol. The Morgan fingerprint density at radius 3 is 2.02 bits per heavy atom. The zero-order valence-corrected chi connectivity index (χ0v) is 24.6. The normalized spacial score (nSPS) is 28.8. The van der Waals surface area contributed by atoms with Crippen LogP contribution in [-0.4, -0.2) is 61.3 Å². The van der Waals surface area contributed by atoms with Crippen LogP contribution in [0.3, 0.4) is 0 Å². The van der Waals surface area contributed by atoms with E-state index in [4.69, 9.17) is 23.1 Å². The van der Waals surface area contributed by atoms with Gasteiger partial charge in [0.25, 0.3) is 0 Å². The minimum atomic E-state index is -4.68. The molecule has 1 N–H and O–H groups in total. The van der Waals surface area contributed by atoms with Crippen LogP contribution in [-0.2, 0) is 57.6 Å². The van der Waals surface area contributed by atoms with Crippen LogP contribution in [0.15, 0.2) is 91.0 Å². The Balaban J connectivity index is 1.30. The molecule has 0 spiro atoms. The first-order valence-electron chi connectivity index (χ1n) is 13.8. The molecule has 0 saturated carbocycles. The lowest BCUT2D eigenvalue weighted by molar-refractivity contribution is -0.245. The van der Waals surface area contributed by atoms with E-state index in [9.17, 15) is 13.0 Å². The summed E-state index contributed by atoms with van der Waals surface area (Å²) >= 11 is 0. The Morgan fingerprint density at radius 1 is 0.829 bits per heavy atom.